The number of nitrogens with zero attached hydrogens (tertiary/aromatic N) is 1. The molecule has 0 atom stereocenters. The smallest absolute Gasteiger partial charge is 0.342 e. The molecule has 1 aliphatic rings. The Morgan fingerprint density at radius 1 is 1.52 bits per heavy atom. The van der Waals surface area contributed by atoms with Crippen LogP contribution in [0.1, 0.15) is 29.6 Å². The fourth-order valence-corrected chi connectivity index (χ4v) is 2.28. The normalized spacial score (nSPS) is 15.5. The van der Waals surface area contributed by atoms with Crippen LogP contribution in [0.15, 0.2) is 18.2 Å². The van der Waals surface area contributed by atoms with Gasteiger partial charge in [0.15, 0.2) is 0 Å². The SMILES string of the molecule is COCCC1(CNc2ccc([N+](=O)[O-])c(C(=O)O)c2)CC1. The first kappa shape index (κ1) is 15.2. The number of nitro groups is 1. The Morgan fingerprint density at radius 3 is 2.76 bits per heavy atom. The first-order valence-electron chi connectivity index (χ1n) is 6.72. The van der Waals surface area contributed by atoms with E-state index in [1.54, 1.807) is 7.11 Å². The number of hydrogen-bond donors (Lipinski definition) is 2. The molecular formula is C14H18N2O5. The van der Waals surface area contributed by atoms with Gasteiger partial charge in [0.1, 0.15) is 5.56 Å². The summed E-state index contributed by atoms with van der Waals surface area (Å²) >= 11 is 0. The Kier molecular flexibility index (Phi) is 4.42. The number of anilines is 1. The Hall–Kier alpha value is -2.15. The minimum Gasteiger partial charge on any atom is -0.477 e. The second-order valence-electron chi connectivity index (χ2n) is 5.39. The third-order valence-electron chi connectivity index (χ3n) is 3.88. The van der Waals surface area contributed by atoms with Crippen molar-refractivity contribution in [2.24, 2.45) is 5.41 Å². The van der Waals surface area contributed by atoms with Crippen molar-refractivity contribution in [1.82, 2.24) is 0 Å². The number of carbonyl (C=O) groups is 1. The number of aromatic carboxylic acids is 1. The van der Waals surface area contributed by atoms with Gasteiger partial charge >= 0.3 is 5.97 Å². The lowest BCUT2D eigenvalue weighted by Gasteiger charge is -2.16. The first-order chi connectivity index (χ1) is 9.97. The van der Waals surface area contributed by atoms with Crippen molar-refractivity contribution >= 4 is 17.3 Å². The minimum atomic E-state index is -1.30. The highest BCUT2D eigenvalue weighted by Gasteiger charge is 2.41. The van der Waals surface area contributed by atoms with E-state index >= 15 is 0 Å². The van der Waals surface area contributed by atoms with Gasteiger partial charge in [-0.3, -0.25) is 10.1 Å². The molecule has 1 aromatic carbocycles. The van der Waals surface area contributed by atoms with Gasteiger partial charge in [0.2, 0.25) is 0 Å². The molecular weight excluding hydrogens is 276 g/mol. The predicted molar refractivity (Wildman–Crippen MR) is 76.7 cm³/mol. The van der Waals surface area contributed by atoms with Gasteiger partial charge in [-0.1, -0.05) is 0 Å². The number of hydrogen-bond acceptors (Lipinski definition) is 5. The highest BCUT2D eigenvalue weighted by Crippen LogP contribution is 2.48. The van der Waals surface area contributed by atoms with E-state index in [0.717, 1.165) is 19.3 Å². The number of carboxylic acids is 1. The second kappa shape index (κ2) is 6.09. The topological polar surface area (TPSA) is 102 Å². The molecule has 7 heteroatoms. The number of rotatable bonds is 8. The average molecular weight is 294 g/mol. The summed E-state index contributed by atoms with van der Waals surface area (Å²) in [5, 5.41) is 23.0. The van der Waals surface area contributed by atoms with Crippen LogP contribution < -0.4 is 5.32 Å². The summed E-state index contributed by atoms with van der Waals surface area (Å²) in [6, 6.07) is 4.07. The molecule has 0 aliphatic heterocycles. The fraction of sp³-hybridized carbons (Fsp3) is 0.500. The predicted octanol–water partition coefficient (Wildman–Crippen LogP) is 2.52. The second-order valence-corrected chi connectivity index (χ2v) is 5.39. The molecule has 21 heavy (non-hydrogen) atoms. The van der Waals surface area contributed by atoms with Crippen molar-refractivity contribution < 1.29 is 19.6 Å². The summed E-state index contributed by atoms with van der Waals surface area (Å²) in [5.41, 5.74) is 0.100. The molecule has 0 spiro atoms. The maximum Gasteiger partial charge on any atom is 0.342 e. The standard InChI is InChI=1S/C14H18N2O5/c1-21-7-6-14(4-5-14)9-15-10-2-3-12(16(19)20)11(8-10)13(17)18/h2-3,8,15H,4-7,9H2,1H3,(H,17,18). The largest absolute Gasteiger partial charge is 0.477 e. The van der Waals surface area contributed by atoms with Gasteiger partial charge in [-0.25, -0.2) is 4.79 Å². The van der Waals surface area contributed by atoms with Crippen LogP contribution >= 0.6 is 0 Å². The number of methoxy groups -OCH3 is 1. The average Bonchev–Trinajstić information content (AvgIpc) is 3.23. The number of nitro benzene ring substituents is 1. The van der Waals surface area contributed by atoms with E-state index in [2.05, 4.69) is 5.32 Å². The van der Waals surface area contributed by atoms with Crippen molar-refractivity contribution in [2.45, 2.75) is 19.3 Å². The zero-order valence-electron chi connectivity index (χ0n) is 11.8. The Balaban J connectivity index is 2.06. The van der Waals surface area contributed by atoms with Crippen molar-refractivity contribution in [3.63, 3.8) is 0 Å². The molecule has 0 heterocycles. The first-order valence-corrected chi connectivity index (χ1v) is 6.72. The van der Waals surface area contributed by atoms with Crippen molar-refractivity contribution in [3.8, 4) is 0 Å². The van der Waals surface area contributed by atoms with Gasteiger partial charge < -0.3 is 15.2 Å². The van der Waals surface area contributed by atoms with E-state index in [1.165, 1.54) is 18.2 Å². The van der Waals surface area contributed by atoms with Crippen LogP contribution in [-0.2, 0) is 4.74 Å². The van der Waals surface area contributed by atoms with E-state index < -0.39 is 16.6 Å². The maximum atomic E-state index is 11.1. The molecule has 0 bridgehead atoms. The molecule has 2 rings (SSSR count). The van der Waals surface area contributed by atoms with Crippen LogP contribution in [-0.4, -0.2) is 36.3 Å². The van der Waals surface area contributed by atoms with Gasteiger partial charge in [-0.2, -0.15) is 0 Å². The number of carboxylic acid groups (broad SMARTS) is 1. The molecule has 7 nitrogen and oxygen atoms in total. The number of nitrogens with one attached hydrogen (secondary N) is 1. The van der Waals surface area contributed by atoms with E-state index in [0.29, 0.717) is 18.8 Å². The van der Waals surface area contributed by atoms with Crippen LogP contribution in [0.3, 0.4) is 0 Å². The summed E-state index contributed by atoms with van der Waals surface area (Å²) in [6.45, 7) is 1.41. The summed E-state index contributed by atoms with van der Waals surface area (Å²) < 4.78 is 5.08. The zero-order chi connectivity index (χ0) is 15.5. The maximum absolute atomic E-state index is 11.1. The van der Waals surface area contributed by atoms with Crippen LogP contribution in [0, 0.1) is 15.5 Å². The van der Waals surface area contributed by atoms with Crippen LogP contribution in [0.4, 0.5) is 11.4 Å². The van der Waals surface area contributed by atoms with Gasteiger partial charge in [0.25, 0.3) is 5.69 Å². The quantitative estimate of drug-likeness (QED) is 0.564. The highest BCUT2D eigenvalue weighted by atomic mass is 16.6. The third-order valence-corrected chi connectivity index (χ3v) is 3.88. The fourth-order valence-electron chi connectivity index (χ4n) is 2.28. The van der Waals surface area contributed by atoms with E-state index in [4.69, 9.17) is 9.84 Å². The van der Waals surface area contributed by atoms with Crippen LogP contribution in [0.5, 0.6) is 0 Å². The molecule has 0 unspecified atom stereocenters. The van der Waals surface area contributed by atoms with E-state index in [1.807, 2.05) is 0 Å². The van der Waals surface area contributed by atoms with Gasteiger partial charge in [-0.15, -0.1) is 0 Å². The monoisotopic (exact) mass is 294 g/mol. The van der Waals surface area contributed by atoms with Crippen molar-refractivity contribution in [2.75, 3.05) is 25.6 Å². The molecule has 1 fully saturated rings. The van der Waals surface area contributed by atoms with Crippen molar-refractivity contribution in [3.05, 3.63) is 33.9 Å². The molecule has 114 valence electrons. The van der Waals surface area contributed by atoms with E-state index in [-0.39, 0.29) is 11.0 Å². The van der Waals surface area contributed by atoms with Crippen molar-refractivity contribution in [1.29, 1.82) is 0 Å². The molecule has 1 saturated carbocycles. The minimum absolute atomic E-state index is 0.209. The molecule has 1 aliphatic carbocycles. The van der Waals surface area contributed by atoms with Gasteiger partial charge in [0, 0.05) is 32.0 Å². The number of benzene rings is 1. The van der Waals surface area contributed by atoms with E-state index in [9.17, 15) is 14.9 Å². The Bertz CT molecular complexity index is 554. The summed E-state index contributed by atoms with van der Waals surface area (Å²) in [4.78, 5) is 21.2. The lowest BCUT2D eigenvalue weighted by atomic mass is 10.0. The molecule has 2 N–H and O–H groups in total. The van der Waals surface area contributed by atoms with Crippen LogP contribution in [0.2, 0.25) is 0 Å². The highest BCUT2D eigenvalue weighted by molar-refractivity contribution is 5.93. The summed E-state index contributed by atoms with van der Waals surface area (Å²) in [5.74, 6) is -1.30. The Morgan fingerprint density at radius 2 is 2.24 bits per heavy atom. The lowest BCUT2D eigenvalue weighted by molar-refractivity contribution is -0.385. The third kappa shape index (κ3) is 3.69. The van der Waals surface area contributed by atoms with Gasteiger partial charge in [0.05, 0.1) is 4.92 Å². The summed E-state index contributed by atoms with van der Waals surface area (Å²) in [6.07, 6.45) is 3.18. The van der Waals surface area contributed by atoms with Gasteiger partial charge in [-0.05, 0) is 36.8 Å². The Labute approximate surface area is 122 Å². The molecule has 0 radical (unpaired) electrons. The molecule has 1 aromatic rings. The zero-order valence-corrected chi connectivity index (χ0v) is 11.8. The van der Waals surface area contributed by atoms with Crippen LogP contribution in [0.25, 0.3) is 0 Å². The molecule has 0 aromatic heterocycles. The summed E-state index contributed by atoms with van der Waals surface area (Å²) in [7, 11) is 1.67. The molecule has 0 saturated heterocycles. The molecule has 0 amide bonds. The number of ether oxygens (including phenoxy) is 1. The lowest BCUT2D eigenvalue weighted by Crippen LogP contribution is -2.17.